The van der Waals surface area contributed by atoms with E-state index in [4.69, 9.17) is 0 Å². The summed E-state index contributed by atoms with van der Waals surface area (Å²) < 4.78 is 13.3. The second-order valence-electron chi connectivity index (χ2n) is 3.63. The van der Waals surface area contributed by atoms with Crippen LogP contribution in [-0.2, 0) is 6.42 Å². The summed E-state index contributed by atoms with van der Waals surface area (Å²) in [6.45, 7) is 2.13. The standard InChI is InChI=1S/C11H12BrF/c1-7(12)8-5-6-10-9(8)3-2-4-11(10)13/h2-4,7-8H,5-6H2,1H3. The first-order valence-corrected chi connectivity index (χ1v) is 5.53. The van der Waals surface area contributed by atoms with Crippen molar-refractivity contribution in [3.8, 4) is 0 Å². The van der Waals surface area contributed by atoms with E-state index in [9.17, 15) is 4.39 Å². The SMILES string of the molecule is CC(Br)C1CCc2c(F)cccc21. The van der Waals surface area contributed by atoms with E-state index < -0.39 is 0 Å². The molecule has 0 bridgehead atoms. The Labute approximate surface area is 86.3 Å². The first kappa shape index (κ1) is 9.20. The van der Waals surface area contributed by atoms with Crippen molar-refractivity contribution < 1.29 is 4.39 Å². The Kier molecular flexibility index (Phi) is 2.41. The summed E-state index contributed by atoms with van der Waals surface area (Å²) in [5, 5.41) is 0. The lowest BCUT2D eigenvalue weighted by Gasteiger charge is -2.13. The van der Waals surface area contributed by atoms with Gasteiger partial charge in [-0.05, 0) is 36.0 Å². The molecule has 0 amide bonds. The Bertz CT molecular complexity index is 320. The molecule has 1 aromatic rings. The predicted octanol–water partition coefficient (Wildman–Crippen LogP) is 3.64. The van der Waals surface area contributed by atoms with Crippen LogP contribution in [0.2, 0.25) is 0 Å². The van der Waals surface area contributed by atoms with Gasteiger partial charge in [0.05, 0.1) is 0 Å². The summed E-state index contributed by atoms with van der Waals surface area (Å²) in [6.07, 6.45) is 1.96. The molecule has 0 saturated heterocycles. The number of rotatable bonds is 1. The third-order valence-electron chi connectivity index (χ3n) is 2.81. The van der Waals surface area contributed by atoms with Gasteiger partial charge in [0, 0.05) is 4.83 Å². The maximum Gasteiger partial charge on any atom is 0.126 e. The van der Waals surface area contributed by atoms with E-state index in [2.05, 4.69) is 22.9 Å². The van der Waals surface area contributed by atoms with Gasteiger partial charge in [-0.3, -0.25) is 0 Å². The number of halogens is 2. The normalized spacial score (nSPS) is 22.8. The third kappa shape index (κ3) is 1.52. The van der Waals surface area contributed by atoms with E-state index in [-0.39, 0.29) is 5.82 Å². The number of hydrogen-bond acceptors (Lipinski definition) is 0. The molecule has 2 heteroatoms. The lowest BCUT2D eigenvalue weighted by atomic mass is 9.99. The number of alkyl halides is 1. The number of hydrogen-bond donors (Lipinski definition) is 0. The quantitative estimate of drug-likeness (QED) is 0.660. The zero-order valence-electron chi connectivity index (χ0n) is 7.56. The fourth-order valence-corrected chi connectivity index (χ4v) is 2.67. The van der Waals surface area contributed by atoms with Crippen LogP contribution in [0.5, 0.6) is 0 Å². The zero-order valence-corrected chi connectivity index (χ0v) is 9.14. The minimum atomic E-state index is -0.0341. The van der Waals surface area contributed by atoms with E-state index in [1.165, 1.54) is 5.56 Å². The molecule has 2 rings (SSSR count). The van der Waals surface area contributed by atoms with Gasteiger partial charge >= 0.3 is 0 Å². The largest absolute Gasteiger partial charge is 0.207 e. The Hall–Kier alpha value is -0.370. The van der Waals surface area contributed by atoms with Gasteiger partial charge in [-0.15, -0.1) is 0 Å². The Morgan fingerprint density at radius 2 is 2.31 bits per heavy atom. The van der Waals surface area contributed by atoms with Crippen LogP contribution in [0, 0.1) is 5.82 Å². The molecule has 0 fully saturated rings. The van der Waals surface area contributed by atoms with E-state index in [0.717, 1.165) is 18.4 Å². The van der Waals surface area contributed by atoms with E-state index in [1.54, 1.807) is 6.07 Å². The highest BCUT2D eigenvalue weighted by molar-refractivity contribution is 9.09. The summed E-state index contributed by atoms with van der Waals surface area (Å²) >= 11 is 3.57. The van der Waals surface area contributed by atoms with Crippen molar-refractivity contribution in [2.75, 3.05) is 0 Å². The number of fused-ring (bicyclic) bond motifs is 1. The van der Waals surface area contributed by atoms with Crippen LogP contribution in [0.15, 0.2) is 18.2 Å². The molecule has 0 spiro atoms. The average molecular weight is 243 g/mol. The molecule has 70 valence electrons. The van der Waals surface area contributed by atoms with Gasteiger partial charge in [0.15, 0.2) is 0 Å². The Morgan fingerprint density at radius 3 is 3.00 bits per heavy atom. The van der Waals surface area contributed by atoms with E-state index in [0.29, 0.717) is 10.7 Å². The van der Waals surface area contributed by atoms with Gasteiger partial charge in [0.1, 0.15) is 5.82 Å². The fourth-order valence-electron chi connectivity index (χ4n) is 2.12. The summed E-state index contributed by atoms with van der Waals surface area (Å²) in [4.78, 5) is 0.440. The van der Waals surface area contributed by atoms with Crippen LogP contribution in [0.4, 0.5) is 4.39 Å². The van der Waals surface area contributed by atoms with Crippen LogP contribution < -0.4 is 0 Å². The Morgan fingerprint density at radius 1 is 1.54 bits per heavy atom. The van der Waals surface area contributed by atoms with Crippen molar-refractivity contribution in [1.29, 1.82) is 0 Å². The van der Waals surface area contributed by atoms with E-state index in [1.807, 2.05) is 12.1 Å². The molecule has 2 atom stereocenters. The molecule has 13 heavy (non-hydrogen) atoms. The molecule has 0 aliphatic heterocycles. The topological polar surface area (TPSA) is 0 Å². The Balaban J connectivity index is 2.43. The van der Waals surface area contributed by atoms with Crippen molar-refractivity contribution in [3.63, 3.8) is 0 Å². The van der Waals surface area contributed by atoms with Crippen LogP contribution in [0.25, 0.3) is 0 Å². The minimum absolute atomic E-state index is 0.0341. The molecule has 0 aromatic heterocycles. The van der Waals surface area contributed by atoms with E-state index >= 15 is 0 Å². The van der Waals surface area contributed by atoms with Crippen LogP contribution in [-0.4, -0.2) is 4.83 Å². The third-order valence-corrected chi connectivity index (χ3v) is 3.45. The lowest BCUT2D eigenvalue weighted by molar-refractivity contribution is 0.612. The molecule has 2 unspecified atom stereocenters. The van der Waals surface area contributed by atoms with Crippen molar-refractivity contribution in [3.05, 3.63) is 35.1 Å². The summed E-state index contributed by atoms with van der Waals surface area (Å²) in [5.41, 5.74) is 2.13. The molecular weight excluding hydrogens is 231 g/mol. The van der Waals surface area contributed by atoms with Crippen molar-refractivity contribution in [2.24, 2.45) is 0 Å². The van der Waals surface area contributed by atoms with Crippen LogP contribution in [0.1, 0.15) is 30.4 Å². The minimum Gasteiger partial charge on any atom is -0.207 e. The predicted molar refractivity (Wildman–Crippen MR) is 55.9 cm³/mol. The average Bonchev–Trinajstić information content (AvgIpc) is 2.48. The molecule has 1 aliphatic rings. The zero-order chi connectivity index (χ0) is 9.42. The van der Waals surface area contributed by atoms with Crippen LogP contribution in [0.3, 0.4) is 0 Å². The maximum atomic E-state index is 13.3. The van der Waals surface area contributed by atoms with Crippen molar-refractivity contribution >= 4 is 15.9 Å². The second-order valence-corrected chi connectivity index (χ2v) is 5.07. The van der Waals surface area contributed by atoms with Crippen molar-refractivity contribution in [2.45, 2.75) is 30.5 Å². The maximum absolute atomic E-state index is 13.3. The number of benzene rings is 1. The van der Waals surface area contributed by atoms with Crippen molar-refractivity contribution in [1.82, 2.24) is 0 Å². The van der Waals surface area contributed by atoms with Gasteiger partial charge < -0.3 is 0 Å². The molecule has 1 aromatic carbocycles. The lowest BCUT2D eigenvalue weighted by Crippen LogP contribution is -2.04. The molecule has 0 heterocycles. The first-order chi connectivity index (χ1) is 6.20. The van der Waals surface area contributed by atoms with Gasteiger partial charge in [-0.25, -0.2) is 4.39 Å². The van der Waals surface area contributed by atoms with Gasteiger partial charge in [0.2, 0.25) is 0 Å². The van der Waals surface area contributed by atoms with Gasteiger partial charge in [-0.2, -0.15) is 0 Å². The monoisotopic (exact) mass is 242 g/mol. The second kappa shape index (κ2) is 3.41. The molecular formula is C11H12BrF. The summed E-state index contributed by atoms with van der Waals surface area (Å²) in [7, 11) is 0. The molecule has 0 saturated carbocycles. The smallest absolute Gasteiger partial charge is 0.126 e. The first-order valence-electron chi connectivity index (χ1n) is 4.61. The summed E-state index contributed by atoms with van der Waals surface area (Å²) in [6, 6.07) is 5.41. The molecule has 0 N–H and O–H groups in total. The van der Waals surface area contributed by atoms with Crippen LogP contribution >= 0.6 is 15.9 Å². The highest BCUT2D eigenvalue weighted by Crippen LogP contribution is 2.38. The molecule has 1 aliphatic carbocycles. The summed E-state index contributed by atoms with van der Waals surface area (Å²) in [5.74, 6) is 0.457. The molecule has 0 radical (unpaired) electrons. The molecule has 0 nitrogen and oxygen atoms in total. The highest BCUT2D eigenvalue weighted by atomic mass is 79.9. The van der Waals surface area contributed by atoms with Gasteiger partial charge in [-0.1, -0.05) is 35.0 Å². The van der Waals surface area contributed by atoms with Gasteiger partial charge in [0.25, 0.3) is 0 Å². The fraction of sp³-hybridized carbons (Fsp3) is 0.455. The highest BCUT2D eigenvalue weighted by Gasteiger charge is 2.27.